The van der Waals surface area contributed by atoms with Gasteiger partial charge in [0.1, 0.15) is 5.60 Å². The Morgan fingerprint density at radius 1 is 1.25 bits per heavy atom. The summed E-state index contributed by atoms with van der Waals surface area (Å²) in [4.78, 5) is 28.7. The monoisotopic (exact) mass is 338 g/mol. The number of amides is 1. The van der Waals surface area contributed by atoms with E-state index in [0.29, 0.717) is 31.5 Å². The van der Waals surface area contributed by atoms with Crippen LogP contribution in [0.4, 0.5) is 9.18 Å². The van der Waals surface area contributed by atoms with Gasteiger partial charge in [-0.3, -0.25) is 0 Å². The number of carbonyl (C=O) groups is 2. The maximum absolute atomic E-state index is 14.2. The molecule has 0 unspecified atom stereocenters. The number of nitrogens with zero attached hydrogens (tertiary/aromatic N) is 2. The molecule has 0 aliphatic carbocycles. The van der Waals surface area contributed by atoms with Gasteiger partial charge in [0.15, 0.2) is 5.69 Å². The fraction of sp³-hybridized carbons (Fsp3) is 0.588. The number of pyridine rings is 1. The van der Waals surface area contributed by atoms with Crippen molar-refractivity contribution in [3.63, 3.8) is 0 Å². The van der Waals surface area contributed by atoms with E-state index in [0.717, 1.165) is 0 Å². The van der Waals surface area contributed by atoms with Crippen LogP contribution >= 0.6 is 0 Å². The van der Waals surface area contributed by atoms with E-state index in [-0.39, 0.29) is 17.7 Å². The molecule has 1 amide bonds. The molecule has 0 aromatic carbocycles. The first kappa shape index (κ1) is 18.2. The maximum atomic E-state index is 14.2. The lowest BCUT2D eigenvalue weighted by atomic mass is 9.90. The van der Waals surface area contributed by atoms with Gasteiger partial charge in [-0.2, -0.15) is 4.39 Å². The van der Waals surface area contributed by atoms with Crippen molar-refractivity contribution in [3.05, 3.63) is 29.3 Å². The summed E-state index contributed by atoms with van der Waals surface area (Å²) in [6.07, 6.45) is 0.894. The van der Waals surface area contributed by atoms with Gasteiger partial charge < -0.3 is 14.4 Å². The van der Waals surface area contributed by atoms with Gasteiger partial charge in [-0.15, -0.1) is 0 Å². The van der Waals surface area contributed by atoms with Crippen LogP contribution in [0.15, 0.2) is 12.1 Å². The average molecular weight is 338 g/mol. The number of ether oxygens (including phenoxy) is 2. The molecule has 0 bridgehead atoms. The van der Waals surface area contributed by atoms with Crippen LogP contribution < -0.4 is 0 Å². The van der Waals surface area contributed by atoms with Crippen LogP contribution in [-0.2, 0) is 9.47 Å². The van der Waals surface area contributed by atoms with Gasteiger partial charge >= 0.3 is 12.1 Å². The number of hydrogen-bond donors (Lipinski definition) is 0. The van der Waals surface area contributed by atoms with Gasteiger partial charge in [-0.25, -0.2) is 14.6 Å². The van der Waals surface area contributed by atoms with Gasteiger partial charge in [0.05, 0.1) is 7.11 Å². The second-order valence-electron chi connectivity index (χ2n) is 6.81. The molecule has 24 heavy (non-hydrogen) atoms. The number of rotatable bonds is 2. The zero-order valence-corrected chi connectivity index (χ0v) is 14.5. The van der Waals surface area contributed by atoms with Crippen LogP contribution in [0.3, 0.4) is 0 Å². The van der Waals surface area contributed by atoms with Crippen molar-refractivity contribution in [2.45, 2.75) is 45.1 Å². The van der Waals surface area contributed by atoms with E-state index in [1.165, 1.54) is 13.2 Å². The molecule has 0 spiro atoms. The third-order valence-electron chi connectivity index (χ3n) is 3.86. The maximum Gasteiger partial charge on any atom is 0.410 e. The average Bonchev–Trinajstić information content (AvgIpc) is 2.52. The largest absolute Gasteiger partial charge is 0.464 e. The Kier molecular flexibility index (Phi) is 5.41. The van der Waals surface area contributed by atoms with E-state index in [2.05, 4.69) is 9.72 Å². The number of hydrogen-bond acceptors (Lipinski definition) is 5. The highest BCUT2D eigenvalue weighted by Gasteiger charge is 2.29. The van der Waals surface area contributed by atoms with E-state index >= 15 is 0 Å². The zero-order chi connectivity index (χ0) is 17.9. The number of likely N-dealkylation sites (tertiary alicyclic amines) is 1. The highest BCUT2D eigenvalue weighted by molar-refractivity contribution is 5.87. The van der Waals surface area contributed by atoms with E-state index in [1.807, 2.05) is 20.8 Å². The fourth-order valence-corrected chi connectivity index (χ4v) is 2.67. The Morgan fingerprint density at radius 3 is 2.38 bits per heavy atom. The highest BCUT2D eigenvalue weighted by Crippen LogP contribution is 2.30. The molecule has 7 heteroatoms. The standard InChI is InChI=1S/C17H23FN2O4/c1-17(2,3)24-16(22)20-9-7-11(8-10-20)12-5-6-13(15(21)23-4)19-14(12)18/h5-6,11H,7-10H2,1-4H3. The predicted octanol–water partition coefficient (Wildman–Crippen LogP) is 3.12. The van der Waals surface area contributed by atoms with E-state index in [9.17, 15) is 14.0 Å². The number of esters is 1. The minimum Gasteiger partial charge on any atom is -0.464 e. The minimum absolute atomic E-state index is 0.0390. The minimum atomic E-state index is -0.666. The third kappa shape index (κ3) is 4.43. The lowest BCUT2D eigenvalue weighted by Gasteiger charge is -2.33. The normalized spacial score (nSPS) is 16.0. The van der Waals surface area contributed by atoms with Gasteiger partial charge in [-0.05, 0) is 45.6 Å². The first-order valence-corrected chi connectivity index (χ1v) is 7.94. The Balaban J connectivity index is 2.00. The molecule has 1 aromatic rings. The summed E-state index contributed by atoms with van der Waals surface area (Å²) in [5.74, 6) is -1.36. The lowest BCUT2D eigenvalue weighted by Crippen LogP contribution is -2.41. The second kappa shape index (κ2) is 7.15. The summed E-state index contributed by atoms with van der Waals surface area (Å²) < 4.78 is 24.1. The Bertz CT molecular complexity index is 620. The van der Waals surface area contributed by atoms with Crippen molar-refractivity contribution in [2.24, 2.45) is 0 Å². The first-order chi connectivity index (χ1) is 11.2. The molecule has 0 atom stereocenters. The van der Waals surface area contributed by atoms with Gasteiger partial charge in [-0.1, -0.05) is 6.07 Å². The molecular weight excluding hydrogens is 315 g/mol. The molecule has 0 saturated carbocycles. The van der Waals surface area contributed by atoms with Gasteiger partial charge in [0, 0.05) is 18.7 Å². The Morgan fingerprint density at radius 2 is 1.88 bits per heavy atom. The van der Waals surface area contributed by atoms with Crippen molar-refractivity contribution in [1.29, 1.82) is 0 Å². The zero-order valence-electron chi connectivity index (χ0n) is 14.5. The van der Waals surface area contributed by atoms with E-state index in [4.69, 9.17) is 4.74 Å². The number of aromatic nitrogens is 1. The quantitative estimate of drug-likeness (QED) is 0.612. The van der Waals surface area contributed by atoms with Crippen LogP contribution in [0, 0.1) is 5.95 Å². The van der Waals surface area contributed by atoms with E-state index in [1.54, 1.807) is 11.0 Å². The van der Waals surface area contributed by atoms with Crippen molar-refractivity contribution < 1.29 is 23.5 Å². The topological polar surface area (TPSA) is 68.7 Å². The smallest absolute Gasteiger partial charge is 0.410 e. The van der Waals surface area contributed by atoms with Crippen LogP contribution in [0.1, 0.15) is 55.6 Å². The van der Waals surface area contributed by atoms with Crippen molar-refractivity contribution in [1.82, 2.24) is 9.88 Å². The second-order valence-corrected chi connectivity index (χ2v) is 6.81. The lowest BCUT2D eigenvalue weighted by molar-refractivity contribution is 0.0204. The molecule has 1 aromatic heterocycles. The fourth-order valence-electron chi connectivity index (χ4n) is 2.67. The molecule has 2 rings (SSSR count). The molecule has 0 N–H and O–H groups in total. The summed E-state index contributed by atoms with van der Waals surface area (Å²) >= 11 is 0. The summed E-state index contributed by atoms with van der Waals surface area (Å²) in [6.45, 7) is 6.46. The SMILES string of the molecule is COC(=O)c1ccc(C2CCN(C(=O)OC(C)(C)C)CC2)c(F)n1. The van der Waals surface area contributed by atoms with Gasteiger partial charge in [0.25, 0.3) is 0 Å². The summed E-state index contributed by atoms with van der Waals surface area (Å²) in [5.41, 5.74) is -0.121. The molecule has 1 saturated heterocycles. The van der Waals surface area contributed by atoms with Crippen LogP contribution in [-0.4, -0.2) is 47.7 Å². The predicted molar refractivity (Wildman–Crippen MR) is 85.3 cm³/mol. The van der Waals surface area contributed by atoms with Crippen molar-refractivity contribution in [2.75, 3.05) is 20.2 Å². The molecule has 1 fully saturated rings. The molecule has 0 radical (unpaired) electrons. The molecule has 6 nitrogen and oxygen atoms in total. The Labute approximate surface area is 141 Å². The van der Waals surface area contributed by atoms with Crippen LogP contribution in [0.25, 0.3) is 0 Å². The first-order valence-electron chi connectivity index (χ1n) is 7.94. The summed E-state index contributed by atoms with van der Waals surface area (Å²) in [6, 6.07) is 3.03. The van der Waals surface area contributed by atoms with Gasteiger partial charge in [0.2, 0.25) is 5.95 Å². The molecule has 132 valence electrons. The van der Waals surface area contributed by atoms with Crippen molar-refractivity contribution >= 4 is 12.1 Å². The Hall–Kier alpha value is -2.18. The van der Waals surface area contributed by atoms with Crippen LogP contribution in [0.2, 0.25) is 0 Å². The number of methoxy groups -OCH3 is 1. The highest BCUT2D eigenvalue weighted by atomic mass is 19.1. The number of halogens is 1. The summed E-state index contributed by atoms with van der Waals surface area (Å²) in [5, 5.41) is 0. The number of piperidine rings is 1. The third-order valence-corrected chi connectivity index (χ3v) is 3.86. The summed E-state index contributed by atoms with van der Waals surface area (Å²) in [7, 11) is 1.22. The van der Waals surface area contributed by atoms with Crippen molar-refractivity contribution in [3.8, 4) is 0 Å². The molecule has 2 heterocycles. The van der Waals surface area contributed by atoms with Crippen LogP contribution in [0.5, 0.6) is 0 Å². The number of carbonyl (C=O) groups excluding carboxylic acids is 2. The van der Waals surface area contributed by atoms with E-state index < -0.39 is 17.5 Å². The molecular formula is C17H23FN2O4. The molecule has 1 aliphatic heterocycles. The molecule has 1 aliphatic rings.